The van der Waals surface area contributed by atoms with Crippen LogP contribution in [-0.2, 0) is 6.54 Å². The van der Waals surface area contributed by atoms with Gasteiger partial charge in [-0.2, -0.15) is 0 Å². The van der Waals surface area contributed by atoms with Gasteiger partial charge in [-0.3, -0.25) is 9.69 Å². The number of hydrogen-bond acceptors (Lipinski definition) is 5. The van der Waals surface area contributed by atoms with Crippen LogP contribution in [0.3, 0.4) is 0 Å². The number of nitrogen functional groups attached to an aromatic ring is 1. The number of aromatic nitrogens is 1. The summed E-state index contributed by atoms with van der Waals surface area (Å²) in [5.41, 5.74) is 7.95. The van der Waals surface area contributed by atoms with E-state index < -0.39 is 0 Å². The number of piperazine rings is 1. The Hall–Kier alpha value is -1.76. The maximum atomic E-state index is 12.4. The van der Waals surface area contributed by atoms with E-state index in [0.717, 1.165) is 31.1 Å². The zero-order chi connectivity index (χ0) is 15.5. The first-order chi connectivity index (χ1) is 10.6. The highest BCUT2D eigenvalue weighted by Gasteiger charge is 2.22. The number of hydrogen-bond donors (Lipinski definition) is 1. The number of rotatable bonds is 3. The average Bonchev–Trinajstić information content (AvgIpc) is 2.92. The molecular weight excluding hydrogens is 351 g/mol. The third kappa shape index (κ3) is 4.87. The van der Waals surface area contributed by atoms with Crippen molar-refractivity contribution < 1.29 is 9.32 Å². The van der Waals surface area contributed by atoms with Crippen LogP contribution in [0.4, 0.5) is 5.69 Å². The molecule has 2 aromatic rings. The quantitative estimate of drug-likeness (QED) is 0.836. The van der Waals surface area contributed by atoms with Crippen molar-refractivity contribution in [2.24, 2.45) is 0 Å². The number of carbonyl (C=O) groups is 1. The van der Waals surface area contributed by atoms with Crippen molar-refractivity contribution in [1.29, 1.82) is 0 Å². The molecule has 24 heavy (non-hydrogen) atoms. The van der Waals surface area contributed by atoms with Crippen molar-refractivity contribution in [2.75, 3.05) is 31.9 Å². The highest BCUT2D eigenvalue weighted by Crippen LogP contribution is 2.13. The summed E-state index contributed by atoms with van der Waals surface area (Å²) in [5, 5.41) is 4.01. The monoisotopic (exact) mass is 372 g/mol. The number of benzene rings is 1. The van der Waals surface area contributed by atoms with Crippen LogP contribution < -0.4 is 5.73 Å². The lowest BCUT2D eigenvalue weighted by molar-refractivity contribution is 0.0625. The smallest absolute Gasteiger partial charge is 0.254 e. The molecule has 6 nitrogen and oxygen atoms in total. The molecule has 0 saturated carbocycles. The second-order valence-electron chi connectivity index (χ2n) is 5.62. The molecule has 132 valence electrons. The van der Waals surface area contributed by atoms with E-state index in [1.807, 2.05) is 30.0 Å². The Morgan fingerprint density at radius 2 is 1.92 bits per heavy atom. The molecule has 0 unspecified atom stereocenters. The number of nitrogens with zero attached hydrogens (tertiary/aromatic N) is 3. The largest absolute Gasteiger partial charge is 0.399 e. The van der Waals surface area contributed by atoms with E-state index in [2.05, 4.69) is 10.1 Å². The van der Waals surface area contributed by atoms with Gasteiger partial charge in [-0.25, -0.2) is 0 Å². The van der Waals surface area contributed by atoms with Crippen molar-refractivity contribution in [1.82, 2.24) is 15.0 Å². The third-order valence-corrected chi connectivity index (χ3v) is 3.86. The summed E-state index contributed by atoms with van der Waals surface area (Å²) in [6.45, 7) is 5.74. The maximum absolute atomic E-state index is 12.4. The van der Waals surface area contributed by atoms with E-state index in [1.165, 1.54) is 0 Å². The summed E-state index contributed by atoms with van der Waals surface area (Å²) >= 11 is 0. The van der Waals surface area contributed by atoms with Gasteiger partial charge in [-0.1, -0.05) is 11.2 Å². The van der Waals surface area contributed by atoms with Crippen LogP contribution in [0.2, 0.25) is 0 Å². The summed E-state index contributed by atoms with van der Waals surface area (Å²) in [4.78, 5) is 16.6. The number of anilines is 1. The molecule has 1 amide bonds. The van der Waals surface area contributed by atoms with Gasteiger partial charge in [0.1, 0.15) is 5.76 Å². The Morgan fingerprint density at radius 1 is 1.21 bits per heavy atom. The van der Waals surface area contributed by atoms with Crippen LogP contribution in [0.1, 0.15) is 21.8 Å². The summed E-state index contributed by atoms with van der Waals surface area (Å²) in [5.74, 6) is 0.870. The molecule has 1 aliphatic heterocycles. The fraction of sp³-hybridized carbons (Fsp3) is 0.375. The van der Waals surface area contributed by atoms with Gasteiger partial charge < -0.3 is 15.2 Å². The predicted octanol–water partition coefficient (Wildman–Crippen LogP) is 2.37. The average molecular weight is 373 g/mol. The number of nitrogens with two attached hydrogens (primary N) is 1. The van der Waals surface area contributed by atoms with E-state index >= 15 is 0 Å². The van der Waals surface area contributed by atoms with E-state index in [9.17, 15) is 4.79 Å². The minimum absolute atomic E-state index is 0. The van der Waals surface area contributed by atoms with E-state index in [4.69, 9.17) is 10.3 Å². The van der Waals surface area contributed by atoms with Gasteiger partial charge in [0.05, 0.1) is 5.69 Å². The molecule has 8 heteroatoms. The summed E-state index contributed by atoms with van der Waals surface area (Å²) in [6.07, 6.45) is 0. The van der Waals surface area contributed by atoms with E-state index in [-0.39, 0.29) is 30.7 Å². The zero-order valence-electron chi connectivity index (χ0n) is 13.5. The predicted molar refractivity (Wildman–Crippen MR) is 97.8 cm³/mol. The zero-order valence-corrected chi connectivity index (χ0v) is 15.1. The van der Waals surface area contributed by atoms with Crippen LogP contribution in [-0.4, -0.2) is 47.0 Å². The Balaban J connectivity index is 0.00000144. The van der Waals surface area contributed by atoms with Crippen LogP contribution in [0, 0.1) is 6.92 Å². The second kappa shape index (κ2) is 8.92. The molecule has 0 aliphatic carbocycles. The first-order valence-corrected chi connectivity index (χ1v) is 7.41. The number of halogens is 2. The molecular formula is C16H22Cl2N4O2. The van der Waals surface area contributed by atoms with Crippen LogP contribution in [0.5, 0.6) is 0 Å². The number of aryl methyl sites for hydroxylation is 1. The molecule has 2 N–H and O–H groups in total. The summed E-state index contributed by atoms with van der Waals surface area (Å²) in [7, 11) is 0. The fourth-order valence-corrected chi connectivity index (χ4v) is 2.68. The number of carbonyl (C=O) groups excluding carboxylic acids is 1. The van der Waals surface area contributed by atoms with E-state index in [0.29, 0.717) is 24.3 Å². The Bertz CT molecular complexity index is 670. The van der Waals surface area contributed by atoms with E-state index in [1.54, 1.807) is 12.1 Å². The normalized spacial score (nSPS) is 14.6. The molecule has 1 aromatic heterocycles. The standard InChI is InChI=1S/C16H20N4O2.2ClH/c1-12-9-15(18-22-12)11-19-5-7-20(8-6-19)16(21)13-3-2-4-14(17)10-13;;/h2-4,9-10H,5-8,11,17H2,1H3;2*1H. The SMILES string of the molecule is Cc1cc(CN2CCN(C(=O)c3cccc(N)c3)CC2)no1.Cl.Cl. The molecule has 1 aliphatic rings. The van der Waals surface area contributed by atoms with Gasteiger partial charge in [0.2, 0.25) is 0 Å². The molecule has 0 atom stereocenters. The highest BCUT2D eigenvalue weighted by atomic mass is 35.5. The van der Waals surface area contributed by atoms with Gasteiger partial charge in [0.25, 0.3) is 5.91 Å². The van der Waals surface area contributed by atoms with Crippen molar-refractivity contribution in [3.05, 3.63) is 47.3 Å². The first-order valence-electron chi connectivity index (χ1n) is 7.41. The third-order valence-electron chi connectivity index (χ3n) is 3.86. The fourth-order valence-electron chi connectivity index (χ4n) is 2.68. The second-order valence-corrected chi connectivity index (χ2v) is 5.62. The molecule has 2 heterocycles. The molecule has 1 fully saturated rings. The van der Waals surface area contributed by atoms with Gasteiger partial charge in [0.15, 0.2) is 0 Å². The van der Waals surface area contributed by atoms with Crippen LogP contribution in [0.15, 0.2) is 34.9 Å². The minimum Gasteiger partial charge on any atom is -0.399 e. The Kier molecular flexibility index (Phi) is 7.54. The van der Waals surface area contributed by atoms with Gasteiger partial charge >= 0.3 is 0 Å². The molecule has 3 rings (SSSR count). The maximum Gasteiger partial charge on any atom is 0.254 e. The van der Waals surface area contributed by atoms with Crippen molar-refractivity contribution in [3.63, 3.8) is 0 Å². The van der Waals surface area contributed by atoms with Gasteiger partial charge in [-0.05, 0) is 25.1 Å². The summed E-state index contributed by atoms with van der Waals surface area (Å²) < 4.78 is 5.08. The molecule has 0 spiro atoms. The first kappa shape index (κ1) is 20.3. The van der Waals surface area contributed by atoms with Crippen LogP contribution in [0.25, 0.3) is 0 Å². The molecule has 0 bridgehead atoms. The van der Waals surface area contributed by atoms with Crippen molar-refractivity contribution in [3.8, 4) is 0 Å². The topological polar surface area (TPSA) is 75.6 Å². The Labute approximate surface area is 153 Å². The summed E-state index contributed by atoms with van der Waals surface area (Å²) in [6, 6.07) is 9.08. The van der Waals surface area contributed by atoms with Gasteiger partial charge in [0, 0.05) is 50.0 Å². The minimum atomic E-state index is 0. The molecule has 1 saturated heterocycles. The van der Waals surface area contributed by atoms with Gasteiger partial charge in [-0.15, -0.1) is 24.8 Å². The van der Waals surface area contributed by atoms with Crippen molar-refractivity contribution in [2.45, 2.75) is 13.5 Å². The lowest BCUT2D eigenvalue weighted by atomic mass is 10.1. The number of amides is 1. The highest BCUT2D eigenvalue weighted by molar-refractivity contribution is 5.95. The Morgan fingerprint density at radius 3 is 2.50 bits per heavy atom. The molecule has 1 aromatic carbocycles. The van der Waals surface area contributed by atoms with Crippen molar-refractivity contribution >= 4 is 36.4 Å². The lowest BCUT2D eigenvalue weighted by Gasteiger charge is -2.34. The molecule has 0 radical (unpaired) electrons. The van der Waals surface area contributed by atoms with Crippen LogP contribution >= 0.6 is 24.8 Å². The lowest BCUT2D eigenvalue weighted by Crippen LogP contribution is -2.48.